The van der Waals surface area contributed by atoms with Crippen LogP contribution in [0.1, 0.15) is 23.7 Å². The second-order valence-electron chi connectivity index (χ2n) is 4.81. The Morgan fingerprint density at radius 3 is 2.94 bits per heavy atom. The fraction of sp³-hybridized carbons (Fsp3) is 0.462. The first-order valence-electron chi connectivity index (χ1n) is 5.99. The molecule has 0 bridgehead atoms. The number of hydrogen-bond acceptors (Lipinski definition) is 2. The topological polar surface area (TPSA) is 46.3 Å². The van der Waals surface area contributed by atoms with Crippen LogP contribution in [0.2, 0.25) is 0 Å². The number of amides is 1. The third-order valence-electron chi connectivity index (χ3n) is 3.46. The maximum Gasteiger partial charge on any atom is 0.255 e. The summed E-state index contributed by atoms with van der Waals surface area (Å²) in [6, 6.07) is 5.87. The van der Waals surface area contributed by atoms with E-state index in [2.05, 4.69) is 45.4 Å². The normalized spacial score (nSPS) is 24.1. The Hall–Kier alpha value is -0.140. The number of nitrogens with zero attached hydrogens (tertiary/aromatic N) is 1. The van der Waals surface area contributed by atoms with Gasteiger partial charge < -0.3 is 10.6 Å². The van der Waals surface area contributed by atoms with Crippen molar-refractivity contribution < 1.29 is 4.79 Å². The molecule has 1 amide bonds. The van der Waals surface area contributed by atoms with E-state index in [-0.39, 0.29) is 11.9 Å². The van der Waals surface area contributed by atoms with Gasteiger partial charge in [-0.1, -0.05) is 22.9 Å². The minimum Gasteiger partial charge on any atom is -0.337 e. The Morgan fingerprint density at radius 1 is 1.56 bits per heavy atom. The number of piperidine rings is 1. The Balaban J connectivity index is 2.19. The zero-order chi connectivity index (χ0) is 13.3. The van der Waals surface area contributed by atoms with Crippen LogP contribution in [0.25, 0.3) is 0 Å². The van der Waals surface area contributed by atoms with Gasteiger partial charge in [0.25, 0.3) is 5.91 Å². The summed E-state index contributed by atoms with van der Waals surface area (Å²) < 4.78 is 1.91. The second-order valence-corrected chi connectivity index (χ2v) is 6.88. The highest BCUT2D eigenvalue weighted by molar-refractivity contribution is 14.1. The zero-order valence-electron chi connectivity index (χ0n) is 10.2. The maximum absolute atomic E-state index is 12.5. The first-order valence-corrected chi connectivity index (χ1v) is 7.86. The van der Waals surface area contributed by atoms with Crippen LogP contribution in [0.4, 0.5) is 0 Å². The predicted molar refractivity (Wildman–Crippen MR) is 84.5 cm³/mol. The number of halogens is 2. The number of benzene rings is 1. The lowest BCUT2D eigenvalue weighted by molar-refractivity contribution is 0.0671. The molecule has 0 aliphatic carbocycles. The molecule has 18 heavy (non-hydrogen) atoms. The quantitative estimate of drug-likeness (QED) is 0.707. The molecule has 1 aliphatic rings. The van der Waals surface area contributed by atoms with Crippen molar-refractivity contribution in [3.05, 3.63) is 31.8 Å². The molecule has 2 unspecified atom stereocenters. The summed E-state index contributed by atoms with van der Waals surface area (Å²) in [6.45, 7) is 3.61. The van der Waals surface area contributed by atoms with Crippen molar-refractivity contribution in [1.82, 2.24) is 4.90 Å². The molecule has 0 aromatic heterocycles. The lowest BCUT2D eigenvalue weighted by atomic mass is 9.94. The molecule has 0 radical (unpaired) electrons. The molecule has 2 rings (SSSR count). The van der Waals surface area contributed by atoms with Crippen LogP contribution in [0.5, 0.6) is 0 Å². The number of nitrogens with two attached hydrogens (primary N) is 1. The Kier molecular flexibility index (Phi) is 4.66. The highest BCUT2D eigenvalue weighted by Crippen LogP contribution is 2.22. The largest absolute Gasteiger partial charge is 0.337 e. The van der Waals surface area contributed by atoms with Crippen molar-refractivity contribution in [2.24, 2.45) is 11.7 Å². The molecule has 1 aromatic rings. The standard InChI is InChI=1S/C13H16BrIN2O/c1-8-4-5-17(7-12(8)16)13(18)10-6-9(14)2-3-11(10)15/h2-3,6,8,12H,4-5,7,16H2,1H3. The van der Waals surface area contributed by atoms with E-state index in [9.17, 15) is 4.79 Å². The van der Waals surface area contributed by atoms with Crippen molar-refractivity contribution >= 4 is 44.4 Å². The van der Waals surface area contributed by atoms with Crippen LogP contribution in [-0.2, 0) is 0 Å². The van der Waals surface area contributed by atoms with Crippen molar-refractivity contribution in [1.29, 1.82) is 0 Å². The van der Waals surface area contributed by atoms with Gasteiger partial charge in [-0.2, -0.15) is 0 Å². The summed E-state index contributed by atoms with van der Waals surface area (Å²) in [6.07, 6.45) is 0.984. The third-order valence-corrected chi connectivity index (χ3v) is 4.90. The van der Waals surface area contributed by atoms with Crippen molar-refractivity contribution in [2.45, 2.75) is 19.4 Å². The number of carbonyl (C=O) groups excluding carboxylic acids is 1. The number of rotatable bonds is 1. The van der Waals surface area contributed by atoms with E-state index in [4.69, 9.17) is 5.73 Å². The Bertz CT molecular complexity index is 466. The van der Waals surface area contributed by atoms with Gasteiger partial charge in [0.05, 0.1) is 5.56 Å². The lowest BCUT2D eigenvalue weighted by Crippen LogP contribution is -2.49. The van der Waals surface area contributed by atoms with Crippen molar-refractivity contribution in [3.8, 4) is 0 Å². The van der Waals surface area contributed by atoms with Crippen LogP contribution in [0.15, 0.2) is 22.7 Å². The summed E-state index contributed by atoms with van der Waals surface area (Å²) in [5.41, 5.74) is 6.80. The summed E-state index contributed by atoms with van der Waals surface area (Å²) in [5.74, 6) is 0.582. The Labute approximate surface area is 129 Å². The van der Waals surface area contributed by atoms with Gasteiger partial charge in [0.1, 0.15) is 0 Å². The first kappa shape index (κ1) is 14.3. The van der Waals surface area contributed by atoms with Gasteiger partial charge in [0.15, 0.2) is 0 Å². The van der Waals surface area contributed by atoms with E-state index < -0.39 is 0 Å². The minimum absolute atomic E-state index is 0.0862. The number of carbonyl (C=O) groups is 1. The molecule has 2 atom stereocenters. The van der Waals surface area contributed by atoms with Gasteiger partial charge in [0.2, 0.25) is 0 Å². The molecule has 1 aliphatic heterocycles. The van der Waals surface area contributed by atoms with E-state index in [0.717, 1.165) is 26.6 Å². The molecule has 1 heterocycles. The number of likely N-dealkylation sites (tertiary alicyclic amines) is 1. The first-order chi connectivity index (χ1) is 8.49. The average Bonchev–Trinajstić information content (AvgIpc) is 2.35. The third kappa shape index (κ3) is 3.05. The molecular formula is C13H16BrIN2O. The van der Waals surface area contributed by atoms with Crippen LogP contribution in [0, 0.1) is 9.49 Å². The fourth-order valence-corrected chi connectivity index (χ4v) is 3.04. The van der Waals surface area contributed by atoms with E-state index in [1.54, 1.807) is 0 Å². The fourth-order valence-electron chi connectivity index (χ4n) is 2.12. The molecule has 0 spiro atoms. The minimum atomic E-state index is 0.0862. The van der Waals surface area contributed by atoms with Crippen molar-refractivity contribution in [3.63, 3.8) is 0 Å². The second kappa shape index (κ2) is 5.88. The van der Waals surface area contributed by atoms with Crippen LogP contribution in [-0.4, -0.2) is 29.9 Å². The smallest absolute Gasteiger partial charge is 0.255 e. The molecule has 98 valence electrons. The van der Waals surface area contributed by atoms with E-state index >= 15 is 0 Å². The van der Waals surface area contributed by atoms with Crippen LogP contribution >= 0.6 is 38.5 Å². The van der Waals surface area contributed by atoms with Gasteiger partial charge in [-0.05, 0) is 53.1 Å². The van der Waals surface area contributed by atoms with Gasteiger partial charge in [-0.3, -0.25) is 4.79 Å². The van der Waals surface area contributed by atoms with Gasteiger partial charge >= 0.3 is 0 Å². The lowest BCUT2D eigenvalue weighted by Gasteiger charge is -2.35. The highest BCUT2D eigenvalue weighted by Gasteiger charge is 2.27. The zero-order valence-corrected chi connectivity index (χ0v) is 13.9. The molecule has 0 saturated carbocycles. The van der Waals surface area contributed by atoms with E-state index in [1.165, 1.54) is 0 Å². The van der Waals surface area contributed by atoms with Crippen LogP contribution < -0.4 is 5.73 Å². The monoisotopic (exact) mass is 422 g/mol. The summed E-state index contributed by atoms with van der Waals surface area (Å²) in [4.78, 5) is 14.3. The summed E-state index contributed by atoms with van der Waals surface area (Å²) in [5, 5.41) is 0. The molecule has 1 saturated heterocycles. The van der Waals surface area contributed by atoms with E-state index in [1.807, 2.05) is 23.1 Å². The average molecular weight is 423 g/mol. The summed E-state index contributed by atoms with van der Waals surface area (Å²) >= 11 is 5.61. The highest BCUT2D eigenvalue weighted by atomic mass is 127. The van der Waals surface area contributed by atoms with Gasteiger partial charge in [-0.15, -0.1) is 0 Å². The van der Waals surface area contributed by atoms with Gasteiger partial charge in [-0.25, -0.2) is 0 Å². The summed E-state index contributed by atoms with van der Waals surface area (Å²) in [7, 11) is 0. The van der Waals surface area contributed by atoms with E-state index in [0.29, 0.717) is 12.5 Å². The van der Waals surface area contributed by atoms with Crippen molar-refractivity contribution in [2.75, 3.05) is 13.1 Å². The SMILES string of the molecule is CC1CCN(C(=O)c2cc(Br)ccc2I)CC1N. The molecule has 1 fully saturated rings. The van der Waals surface area contributed by atoms with Crippen LogP contribution in [0.3, 0.4) is 0 Å². The molecule has 1 aromatic carbocycles. The molecule has 3 nitrogen and oxygen atoms in total. The van der Waals surface area contributed by atoms with Gasteiger partial charge in [0, 0.05) is 27.2 Å². The predicted octanol–water partition coefficient (Wildman–Crippen LogP) is 2.86. The Morgan fingerprint density at radius 2 is 2.28 bits per heavy atom. The number of hydrogen-bond donors (Lipinski definition) is 1. The molecule has 2 N–H and O–H groups in total. The molecule has 5 heteroatoms. The maximum atomic E-state index is 12.5. The molecular weight excluding hydrogens is 407 g/mol.